The van der Waals surface area contributed by atoms with Crippen molar-refractivity contribution in [1.82, 2.24) is 0 Å². The highest BCUT2D eigenvalue weighted by atomic mass is 79.9. The third kappa shape index (κ3) is 2.30. The minimum Gasteiger partial charge on any atom is -0.496 e. The van der Waals surface area contributed by atoms with Crippen molar-refractivity contribution in [1.29, 1.82) is 0 Å². The van der Waals surface area contributed by atoms with Crippen LogP contribution in [0.3, 0.4) is 0 Å². The van der Waals surface area contributed by atoms with Crippen LogP contribution in [-0.4, -0.2) is 18.2 Å². The maximum absolute atomic E-state index is 11.4. The Labute approximate surface area is 104 Å². The van der Waals surface area contributed by atoms with Crippen LogP contribution in [0.25, 0.3) is 0 Å². The lowest BCUT2D eigenvalue weighted by Crippen LogP contribution is -2.01. The number of hydrogen-bond acceptors (Lipinski definition) is 2. The number of carbonyl (C=O) groups excluding carboxylic acids is 1. The summed E-state index contributed by atoms with van der Waals surface area (Å²) in [7, 11) is 1.54. The first-order chi connectivity index (χ1) is 6.61. The van der Waals surface area contributed by atoms with E-state index >= 15 is 0 Å². The molecule has 0 fully saturated rings. The summed E-state index contributed by atoms with van der Waals surface area (Å²) in [6.45, 7) is 0. The quantitative estimate of drug-likeness (QED) is 0.619. The predicted octanol–water partition coefficient (Wildman–Crippen LogP) is 3.69. The fourth-order valence-electron chi connectivity index (χ4n) is 0.977. The topological polar surface area (TPSA) is 26.3 Å². The summed E-state index contributed by atoms with van der Waals surface area (Å²) in [6, 6.07) is 3.35. The van der Waals surface area contributed by atoms with E-state index < -0.39 is 0 Å². The summed E-state index contributed by atoms with van der Waals surface area (Å²) >= 11 is 12.3. The van der Waals surface area contributed by atoms with Crippen molar-refractivity contribution in [3.63, 3.8) is 0 Å². The fraction of sp³-hybridized carbons (Fsp3) is 0.222. The lowest BCUT2D eigenvalue weighted by atomic mass is 10.1. The maximum atomic E-state index is 11.4. The molecule has 1 rings (SSSR count). The Morgan fingerprint density at radius 1 is 1.57 bits per heavy atom. The highest BCUT2D eigenvalue weighted by Gasteiger charge is 2.14. The third-order valence-electron chi connectivity index (χ3n) is 1.69. The van der Waals surface area contributed by atoms with E-state index in [1.165, 1.54) is 0 Å². The van der Waals surface area contributed by atoms with Crippen molar-refractivity contribution in [3.8, 4) is 5.75 Å². The van der Waals surface area contributed by atoms with E-state index in [9.17, 15) is 4.79 Å². The molecule has 0 unspecified atom stereocenters. The Balaban J connectivity index is 3.24. The van der Waals surface area contributed by atoms with E-state index in [1.807, 2.05) is 0 Å². The fourth-order valence-corrected chi connectivity index (χ4v) is 2.05. The van der Waals surface area contributed by atoms with E-state index in [2.05, 4.69) is 31.9 Å². The van der Waals surface area contributed by atoms with E-state index in [4.69, 9.17) is 16.3 Å². The van der Waals surface area contributed by atoms with Gasteiger partial charge in [0, 0.05) is 5.56 Å². The summed E-state index contributed by atoms with van der Waals surface area (Å²) < 4.78 is 5.64. The summed E-state index contributed by atoms with van der Waals surface area (Å²) in [4.78, 5) is 11.4. The van der Waals surface area contributed by atoms with Gasteiger partial charge in [0.2, 0.25) is 0 Å². The Bertz CT molecular complexity index is 366. The summed E-state index contributed by atoms with van der Waals surface area (Å²) in [6.07, 6.45) is 0. The average Bonchev–Trinajstić information content (AvgIpc) is 2.21. The van der Waals surface area contributed by atoms with Gasteiger partial charge in [-0.05, 0) is 28.1 Å². The van der Waals surface area contributed by atoms with Crippen LogP contribution in [-0.2, 0) is 0 Å². The van der Waals surface area contributed by atoms with Crippen LogP contribution in [0.4, 0.5) is 0 Å². The number of methoxy groups -OCH3 is 1. The van der Waals surface area contributed by atoms with Crippen LogP contribution >= 0.6 is 43.5 Å². The molecule has 14 heavy (non-hydrogen) atoms. The first-order valence-electron chi connectivity index (χ1n) is 3.73. The Kier molecular flexibility index (Phi) is 4.41. The molecule has 0 spiro atoms. The lowest BCUT2D eigenvalue weighted by Gasteiger charge is -2.07. The first kappa shape index (κ1) is 12.0. The molecule has 0 aromatic heterocycles. The number of alkyl halides is 1. The molecule has 0 N–H and O–H groups in total. The normalized spacial score (nSPS) is 10.0. The minimum atomic E-state index is -0.0571. The number of ketones is 1. The minimum absolute atomic E-state index is 0.0571. The van der Waals surface area contributed by atoms with Crippen LogP contribution in [0.15, 0.2) is 16.6 Å². The predicted molar refractivity (Wildman–Crippen MR) is 63.8 cm³/mol. The molecule has 0 saturated carbocycles. The Morgan fingerprint density at radius 3 is 2.71 bits per heavy atom. The average molecular weight is 342 g/mol. The highest BCUT2D eigenvalue weighted by Crippen LogP contribution is 2.35. The van der Waals surface area contributed by atoms with Crippen molar-refractivity contribution in [2.24, 2.45) is 0 Å². The molecule has 0 saturated heterocycles. The summed E-state index contributed by atoms with van der Waals surface area (Å²) in [5.41, 5.74) is 0.483. The van der Waals surface area contributed by atoms with Gasteiger partial charge < -0.3 is 4.74 Å². The van der Waals surface area contributed by atoms with Gasteiger partial charge in [0.25, 0.3) is 0 Å². The SMILES string of the molecule is COc1ccc(C(=O)CBr)c(Cl)c1Br. The van der Waals surface area contributed by atoms with Crippen LogP contribution in [0.5, 0.6) is 5.75 Å². The number of carbonyl (C=O) groups is 1. The molecular formula is C9H7Br2ClO2. The Morgan fingerprint density at radius 2 is 2.21 bits per heavy atom. The summed E-state index contributed by atoms with van der Waals surface area (Å²) in [5.74, 6) is 0.555. The van der Waals surface area contributed by atoms with Crippen LogP contribution in [0.1, 0.15) is 10.4 Å². The molecule has 76 valence electrons. The molecule has 2 nitrogen and oxygen atoms in total. The smallest absolute Gasteiger partial charge is 0.174 e. The van der Waals surface area contributed by atoms with Gasteiger partial charge in [0.15, 0.2) is 5.78 Å². The molecule has 5 heteroatoms. The molecule has 0 aliphatic heterocycles. The second kappa shape index (κ2) is 5.14. The van der Waals surface area contributed by atoms with Crippen molar-refractivity contribution >= 4 is 49.2 Å². The zero-order chi connectivity index (χ0) is 10.7. The maximum Gasteiger partial charge on any atom is 0.174 e. The van der Waals surface area contributed by atoms with Crippen LogP contribution < -0.4 is 4.74 Å². The molecule has 1 aromatic rings. The molecular weight excluding hydrogens is 335 g/mol. The molecule has 0 bridgehead atoms. The molecule has 0 radical (unpaired) electrons. The van der Waals surface area contributed by atoms with Gasteiger partial charge in [-0.3, -0.25) is 4.79 Å². The standard InChI is InChI=1S/C9H7Br2ClO2/c1-14-7-3-2-5(6(13)4-10)9(12)8(7)11/h2-3H,4H2,1H3. The number of benzene rings is 1. The van der Waals surface area contributed by atoms with E-state index in [0.29, 0.717) is 20.8 Å². The molecule has 0 atom stereocenters. The monoisotopic (exact) mass is 340 g/mol. The largest absolute Gasteiger partial charge is 0.496 e. The summed E-state index contributed by atoms with van der Waals surface area (Å²) in [5, 5.41) is 0.639. The van der Waals surface area contributed by atoms with E-state index in [0.717, 1.165) is 0 Å². The van der Waals surface area contributed by atoms with Crippen LogP contribution in [0.2, 0.25) is 5.02 Å². The number of rotatable bonds is 3. The second-order valence-electron chi connectivity index (χ2n) is 2.50. The first-order valence-corrected chi connectivity index (χ1v) is 6.02. The van der Waals surface area contributed by atoms with E-state index in [-0.39, 0.29) is 11.1 Å². The molecule has 1 aromatic carbocycles. The van der Waals surface area contributed by atoms with Crippen molar-refractivity contribution in [2.75, 3.05) is 12.4 Å². The van der Waals surface area contributed by atoms with Crippen molar-refractivity contribution in [2.45, 2.75) is 0 Å². The third-order valence-corrected chi connectivity index (χ3v) is 3.61. The number of ether oxygens (including phenoxy) is 1. The van der Waals surface area contributed by atoms with Crippen molar-refractivity contribution in [3.05, 3.63) is 27.2 Å². The number of Topliss-reactive ketones (excluding diaryl/α,β-unsaturated/α-hetero) is 1. The second-order valence-corrected chi connectivity index (χ2v) is 4.23. The highest BCUT2D eigenvalue weighted by molar-refractivity contribution is 9.10. The molecule has 0 amide bonds. The van der Waals surface area contributed by atoms with E-state index in [1.54, 1.807) is 19.2 Å². The van der Waals surface area contributed by atoms with Gasteiger partial charge in [0.05, 0.1) is 21.9 Å². The van der Waals surface area contributed by atoms with Crippen LogP contribution in [0, 0.1) is 0 Å². The molecule has 0 aliphatic carbocycles. The van der Waals surface area contributed by atoms with Gasteiger partial charge in [-0.25, -0.2) is 0 Å². The molecule has 0 aliphatic rings. The number of halogens is 3. The Hall–Kier alpha value is -0.0600. The number of hydrogen-bond donors (Lipinski definition) is 0. The zero-order valence-corrected chi connectivity index (χ0v) is 11.2. The van der Waals surface area contributed by atoms with Gasteiger partial charge in [-0.15, -0.1) is 0 Å². The van der Waals surface area contributed by atoms with Gasteiger partial charge >= 0.3 is 0 Å². The lowest BCUT2D eigenvalue weighted by molar-refractivity contribution is 0.102. The van der Waals surface area contributed by atoms with Gasteiger partial charge in [-0.1, -0.05) is 27.5 Å². The molecule has 0 heterocycles. The van der Waals surface area contributed by atoms with Crippen molar-refractivity contribution < 1.29 is 9.53 Å². The zero-order valence-electron chi connectivity index (χ0n) is 7.31. The van der Waals surface area contributed by atoms with Gasteiger partial charge in [0.1, 0.15) is 5.75 Å². The van der Waals surface area contributed by atoms with Gasteiger partial charge in [-0.2, -0.15) is 0 Å².